The smallest absolute Gasteiger partial charge is 0.216 e. The first-order chi connectivity index (χ1) is 10.5. The quantitative estimate of drug-likeness (QED) is 0.567. The minimum absolute atomic E-state index is 0.00710. The van der Waals surface area contributed by atoms with Gasteiger partial charge in [0.2, 0.25) is 10.0 Å². The number of sulfonamides is 1. The number of hydrogen-bond donors (Lipinski definition) is 2. The SMILES string of the molecule is CCNC(=NCCS(=O)(=O)N1CC(C)OC(C)C1)NC(C)(C)C. The van der Waals surface area contributed by atoms with Crippen molar-refractivity contribution < 1.29 is 13.2 Å². The van der Waals surface area contributed by atoms with Crippen LogP contribution < -0.4 is 10.6 Å². The standard InChI is InChI=1S/C15H32N4O3S/c1-7-16-14(18-15(4,5)6)17-8-9-23(20,21)19-10-12(2)22-13(3)11-19/h12-13H,7-11H2,1-6H3,(H2,16,17,18). The highest BCUT2D eigenvalue weighted by Gasteiger charge is 2.30. The highest BCUT2D eigenvalue weighted by atomic mass is 32.2. The average molecular weight is 349 g/mol. The number of hydrogen-bond acceptors (Lipinski definition) is 4. The molecular weight excluding hydrogens is 316 g/mol. The van der Waals surface area contributed by atoms with Crippen LogP contribution in [0.15, 0.2) is 4.99 Å². The molecule has 0 saturated carbocycles. The van der Waals surface area contributed by atoms with E-state index in [0.717, 1.165) is 6.54 Å². The molecule has 0 radical (unpaired) electrons. The number of nitrogens with zero attached hydrogens (tertiary/aromatic N) is 2. The second-order valence-electron chi connectivity index (χ2n) is 7.03. The first kappa shape index (κ1) is 20.2. The Morgan fingerprint density at radius 1 is 1.26 bits per heavy atom. The molecule has 1 rings (SSSR count). The van der Waals surface area contributed by atoms with Gasteiger partial charge in [-0.15, -0.1) is 0 Å². The zero-order chi connectivity index (χ0) is 17.7. The van der Waals surface area contributed by atoms with Crippen molar-refractivity contribution >= 4 is 16.0 Å². The molecule has 0 aromatic heterocycles. The summed E-state index contributed by atoms with van der Waals surface area (Å²) in [6, 6.07) is 0. The number of aliphatic imine (C=N–C) groups is 1. The molecule has 0 amide bonds. The summed E-state index contributed by atoms with van der Waals surface area (Å²) in [7, 11) is -3.31. The number of guanidine groups is 1. The van der Waals surface area contributed by atoms with E-state index in [0.29, 0.717) is 19.0 Å². The molecule has 1 aliphatic heterocycles. The van der Waals surface area contributed by atoms with Gasteiger partial charge in [-0.3, -0.25) is 4.99 Å². The Balaban J connectivity index is 2.64. The Hall–Kier alpha value is -0.860. The van der Waals surface area contributed by atoms with Gasteiger partial charge in [-0.2, -0.15) is 4.31 Å². The van der Waals surface area contributed by atoms with Gasteiger partial charge < -0.3 is 15.4 Å². The number of ether oxygens (including phenoxy) is 1. The van der Waals surface area contributed by atoms with Crippen molar-refractivity contribution in [2.24, 2.45) is 4.99 Å². The van der Waals surface area contributed by atoms with Crippen molar-refractivity contribution in [3.8, 4) is 0 Å². The van der Waals surface area contributed by atoms with Crippen molar-refractivity contribution in [3.05, 3.63) is 0 Å². The molecule has 1 aliphatic rings. The normalized spacial score (nSPS) is 24.5. The Bertz CT molecular complexity index is 489. The van der Waals surface area contributed by atoms with E-state index in [2.05, 4.69) is 15.6 Å². The molecule has 0 aliphatic carbocycles. The monoisotopic (exact) mass is 348 g/mol. The second kappa shape index (κ2) is 8.30. The number of morpholine rings is 1. The predicted molar refractivity (Wildman–Crippen MR) is 94.2 cm³/mol. The molecule has 136 valence electrons. The first-order valence-corrected chi connectivity index (χ1v) is 9.84. The largest absolute Gasteiger partial charge is 0.373 e. The van der Waals surface area contributed by atoms with Gasteiger partial charge in [0.05, 0.1) is 24.5 Å². The van der Waals surface area contributed by atoms with Gasteiger partial charge in [0.15, 0.2) is 5.96 Å². The minimum Gasteiger partial charge on any atom is -0.373 e. The minimum atomic E-state index is -3.31. The Morgan fingerprint density at radius 3 is 2.30 bits per heavy atom. The predicted octanol–water partition coefficient (Wildman–Crippen LogP) is 0.779. The van der Waals surface area contributed by atoms with Crippen LogP contribution >= 0.6 is 0 Å². The highest BCUT2D eigenvalue weighted by Crippen LogP contribution is 2.14. The number of rotatable bonds is 5. The van der Waals surface area contributed by atoms with E-state index in [1.807, 2.05) is 41.5 Å². The molecule has 23 heavy (non-hydrogen) atoms. The van der Waals surface area contributed by atoms with Crippen LogP contribution in [0.2, 0.25) is 0 Å². The second-order valence-corrected chi connectivity index (χ2v) is 9.11. The Kier molecular flexibility index (Phi) is 7.29. The summed E-state index contributed by atoms with van der Waals surface area (Å²) in [5.74, 6) is 0.645. The van der Waals surface area contributed by atoms with Crippen molar-refractivity contribution in [1.82, 2.24) is 14.9 Å². The van der Waals surface area contributed by atoms with E-state index in [4.69, 9.17) is 4.74 Å². The fourth-order valence-corrected chi connectivity index (χ4v) is 3.88. The molecule has 0 spiro atoms. The molecule has 0 aromatic rings. The third-order valence-electron chi connectivity index (χ3n) is 3.24. The van der Waals surface area contributed by atoms with Gasteiger partial charge in [0, 0.05) is 25.2 Å². The fourth-order valence-electron chi connectivity index (χ4n) is 2.42. The summed E-state index contributed by atoms with van der Waals surface area (Å²) in [6.45, 7) is 13.7. The molecule has 0 bridgehead atoms. The van der Waals surface area contributed by atoms with E-state index < -0.39 is 10.0 Å². The van der Waals surface area contributed by atoms with Crippen molar-refractivity contribution in [2.75, 3.05) is 31.9 Å². The van der Waals surface area contributed by atoms with Gasteiger partial charge in [0.25, 0.3) is 0 Å². The maximum atomic E-state index is 12.5. The lowest BCUT2D eigenvalue weighted by atomic mass is 10.1. The third-order valence-corrected chi connectivity index (χ3v) is 5.02. The summed E-state index contributed by atoms with van der Waals surface area (Å²) in [4.78, 5) is 4.37. The fraction of sp³-hybridized carbons (Fsp3) is 0.933. The van der Waals surface area contributed by atoms with Gasteiger partial charge >= 0.3 is 0 Å². The maximum absolute atomic E-state index is 12.5. The van der Waals surface area contributed by atoms with E-state index in [-0.39, 0.29) is 30.0 Å². The van der Waals surface area contributed by atoms with Crippen LogP contribution in [0.25, 0.3) is 0 Å². The lowest BCUT2D eigenvalue weighted by Crippen LogP contribution is -2.49. The van der Waals surface area contributed by atoms with E-state index in [9.17, 15) is 8.42 Å². The van der Waals surface area contributed by atoms with Crippen LogP contribution in [-0.4, -0.2) is 68.4 Å². The lowest BCUT2D eigenvalue weighted by Gasteiger charge is -2.34. The summed E-state index contributed by atoms with van der Waals surface area (Å²) in [5, 5.41) is 6.38. The molecule has 2 atom stereocenters. The van der Waals surface area contributed by atoms with Crippen LogP contribution in [0.4, 0.5) is 0 Å². The van der Waals surface area contributed by atoms with Gasteiger partial charge in [0.1, 0.15) is 0 Å². The summed E-state index contributed by atoms with van der Waals surface area (Å²) in [5.41, 5.74) is -0.130. The summed E-state index contributed by atoms with van der Waals surface area (Å²) < 4.78 is 32.0. The van der Waals surface area contributed by atoms with Crippen LogP contribution in [-0.2, 0) is 14.8 Å². The van der Waals surface area contributed by atoms with Gasteiger partial charge in [-0.05, 0) is 41.5 Å². The van der Waals surface area contributed by atoms with Crippen LogP contribution in [0.5, 0.6) is 0 Å². The maximum Gasteiger partial charge on any atom is 0.216 e. The van der Waals surface area contributed by atoms with Crippen molar-refractivity contribution in [1.29, 1.82) is 0 Å². The number of nitrogens with one attached hydrogen (secondary N) is 2. The lowest BCUT2D eigenvalue weighted by molar-refractivity contribution is -0.0440. The topological polar surface area (TPSA) is 83.0 Å². The molecule has 0 aromatic carbocycles. The van der Waals surface area contributed by atoms with Gasteiger partial charge in [-0.1, -0.05) is 0 Å². The molecule has 1 heterocycles. The molecular formula is C15H32N4O3S. The van der Waals surface area contributed by atoms with Crippen LogP contribution in [0.1, 0.15) is 41.5 Å². The van der Waals surface area contributed by atoms with E-state index in [1.165, 1.54) is 4.31 Å². The zero-order valence-electron chi connectivity index (χ0n) is 15.2. The summed E-state index contributed by atoms with van der Waals surface area (Å²) >= 11 is 0. The molecule has 7 nitrogen and oxygen atoms in total. The van der Waals surface area contributed by atoms with Crippen LogP contribution in [0, 0.1) is 0 Å². The third kappa shape index (κ3) is 7.50. The highest BCUT2D eigenvalue weighted by molar-refractivity contribution is 7.89. The van der Waals surface area contributed by atoms with Crippen LogP contribution in [0.3, 0.4) is 0 Å². The zero-order valence-corrected chi connectivity index (χ0v) is 16.0. The van der Waals surface area contributed by atoms with Crippen molar-refractivity contribution in [2.45, 2.75) is 59.3 Å². The molecule has 1 saturated heterocycles. The Morgan fingerprint density at radius 2 is 1.83 bits per heavy atom. The Labute approximate surface area is 140 Å². The molecule has 2 N–H and O–H groups in total. The van der Waals surface area contributed by atoms with Crippen molar-refractivity contribution in [3.63, 3.8) is 0 Å². The van der Waals surface area contributed by atoms with Gasteiger partial charge in [-0.25, -0.2) is 8.42 Å². The molecule has 1 fully saturated rings. The first-order valence-electron chi connectivity index (χ1n) is 8.23. The molecule has 2 unspecified atom stereocenters. The van der Waals surface area contributed by atoms with E-state index in [1.54, 1.807) is 0 Å². The average Bonchev–Trinajstić information content (AvgIpc) is 2.35. The summed E-state index contributed by atoms with van der Waals surface area (Å²) in [6.07, 6.45) is -0.145. The molecule has 8 heteroatoms. The van der Waals surface area contributed by atoms with E-state index >= 15 is 0 Å².